The minimum Gasteiger partial charge on any atom is -0.329 e. The molecule has 0 saturated heterocycles. The number of nitrogens with two attached hydrogens (primary N) is 1. The Labute approximate surface area is 116 Å². The molecule has 0 radical (unpaired) electrons. The van der Waals surface area contributed by atoms with E-state index in [-0.39, 0.29) is 11.9 Å². The number of hydrogen-bond acceptors (Lipinski definition) is 3. The van der Waals surface area contributed by atoms with Crippen LogP contribution >= 0.6 is 0 Å². The van der Waals surface area contributed by atoms with Crippen LogP contribution in [0.15, 0.2) is 24.3 Å². The zero-order chi connectivity index (χ0) is 14.4. The van der Waals surface area contributed by atoms with Gasteiger partial charge in [-0.15, -0.1) is 0 Å². The number of rotatable bonds is 7. The fourth-order valence-electron chi connectivity index (χ4n) is 2.66. The Bertz CT molecular complexity index is 381. The second kappa shape index (κ2) is 7.58. The third kappa shape index (κ3) is 4.27. The molecule has 0 spiro atoms. The summed E-state index contributed by atoms with van der Waals surface area (Å²) >= 11 is 0. The predicted octanol–water partition coefficient (Wildman–Crippen LogP) is 2.10. The molecular weight excluding hydrogens is 241 g/mol. The summed E-state index contributed by atoms with van der Waals surface area (Å²) in [6.07, 6.45) is 0. The summed E-state index contributed by atoms with van der Waals surface area (Å²) in [4.78, 5) is 4.40. The third-order valence-corrected chi connectivity index (χ3v) is 3.45. The molecular formula is C15H26FN3. The molecule has 0 aliphatic heterocycles. The standard InChI is InChI=1S/C15H26FN3/c1-5-19(12(2)11-18(3)4)15(10-17)13-8-6-7-9-14(13)16/h6-9,12,15H,5,10-11,17H2,1-4H3. The van der Waals surface area contributed by atoms with Crippen molar-refractivity contribution in [1.82, 2.24) is 9.80 Å². The first-order valence-corrected chi connectivity index (χ1v) is 6.86. The normalized spacial score (nSPS) is 14.9. The van der Waals surface area contributed by atoms with Crippen molar-refractivity contribution in [2.24, 2.45) is 5.73 Å². The number of likely N-dealkylation sites (N-methyl/N-ethyl adjacent to an activating group) is 2. The minimum absolute atomic E-state index is 0.0684. The molecule has 0 aromatic heterocycles. The molecule has 0 bridgehead atoms. The largest absolute Gasteiger partial charge is 0.329 e. The van der Waals surface area contributed by atoms with Gasteiger partial charge < -0.3 is 10.6 Å². The number of hydrogen-bond donors (Lipinski definition) is 1. The Hall–Kier alpha value is -0.970. The van der Waals surface area contributed by atoms with E-state index in [0.717, 1.165) is 13.1 Å². The summed E-state index contributed by atoms with van der Waals surface area (Å²) in [5.74, 6) is -0.173. The van der Waals surface area contributed by atoms with Crippen molar-refractivity contribution < 1.29 is 4.39 Å². The lowest BCUT2D eigenvalue weighted by atomic mass is 10.0. The third-order valence-electron chi connectivity index (χ3n) is 3.45. The molecule has 19 heavy (non-hydrogen) atoms. The molecule has 0 fully saturated rings. The van der Waals surface area contributed by atoms with Crippen LogP contribution in [-0.4, -0.2) is 49.6 Å². The molecule has 2 unspecified atom stereocenters. The topological polar surface area (TPSA) is 32.5 Å². The minimum atomic E-state index is -0.173. The van der Waals surface area contributed by atoms with Gasteiger partial charge in [-0.25, -0.2) is 4.39 Å². The monoisotopic (exact) mass is 267 g/mol. The van der Waals surface area contributed by atoms with E-state index in [2.05, 4.69) is 23.6 Å². The van der Waals surface area contributed by atoms with E-state index in [9.17, 15) is 4.39 Å². The summed E-state index contributed by atoms with van der Waals surface area (Å²) in [5, 5.41) is 0. The maximum Gasteiger partial charge on any atom is 0.128 e. The van der Waals surface area contributed by atoms with Crippen LogP contribution in [-0.2, 0) is 0 Å². The lowest BCUT2D eigenvalue weighted by Crippen LogP contribution is -2.44. The second-order valence-electron chi connectivity index (χ2n) is 5.21. The van der Waals surface area contributed by atoms with Gasteiger partial charge in [0.15, 0.2) is 0 Å². The van der Waals surface area contributed by atoms with Gasteiger partial charge in [0.25, 0.3) is 0 Å². The van der Waals surface area contributed by atoms with Gasteiger partial charge >= 0.3 is 0 Å². The van der Waals surface area contributed by atoms with Gasteiger partial charge in [0, 0.05) is 24.7 Å². The average Bonchev–Trinajstić information content (AvgIpc) is 2.36. The number of nitrogens with zero attached hydrogens (tertiary/aromatic N) is 2. The molecule has 4 heteroatoms. The summed E-state index contributed by atoms with van der Waals surface area (Å²) < 4.78 is 14.0. The summed E-state index contributed by atoms with van der Waals surface area (Å²) in [6, 6.07) is 7.17. The highest BCUT2D eigenvalue weighted by molar-refractivity contribution is 5.22. The highest BCUT2D eigenvalue weighted by Crippen LogP contribution is 2.24. The first-order valence-electron chi connectivity index (χ1n) is 6.86. The van der Waals surface area contributed by atoms with E-state index < -0.39 is 0 Å². The van der Waals surface area contributed by atoms with Crippen LogP contribution in [0.1, 0.15) is 25.5 Å². The van der Waals surface area contributed by atoms with Gasteiger partial charge in [0.05, 0.1) is 6.04 Å². The van der Waals surface area contributed by atoms with Gasteiger partial charge in [-0.05, 0) is 33.6 Å². The first kappa shape index (κ1) is 16.1. The summed E-state index contributed by atoms with van der Waals surface area (Å²) in [6.45, 7) is 6.46. The number of halogens is 1. The van der Waals surface area contributed by atoms with E-state index in [1.165, 1.54) is 6.07 Å². The highest BCUT2D eigenvalue weighted by atomic mass is 19.1. The SMILES string of the molecule is CCN(C(C)CN(C)C)C(CN)c1ccccc1F. The van der Waals surface area contributed by atoms with Crippen molar-refractivity contribution in [2.75, 3.05) is 33.7 Å². The summed E-state index contributed by atoms with van der Waals surface area (Å²) in [5.41, 5.74) is 6.59. The zero-order valence-electron chi connectivity index (χ0n) is 12.4. The van der Waals surface area contributed by atoms with Gasteiger partial charge in [-0.2, -0.15) is 0 Å². The average molecular weight is 267 g/mol. The van der Waals surface area contributed by atoms with Crippen molar-refractivity contribution in [3.8, 4) is 0 Å². The molecule has 0 amide bonds. The molecule has 1 aromatic carbocycles. The highest BCUT2D eigenvalue weighted by Gasteiger charge is 2.24. The van der Waals surface area contributed by atoms with Gasteiger partial charge in [-0.3, -0.25) is 4.90 Å². The van der Waals surface area contributed by atoms with E-state index >= 15 is 0 Å². The van der Waals surface area contributed by atoms with E-state index in [1.807, 2.05) is 26.2 Å². The molecule has 3 nitrogen and oxygen atoms in total. The molecule has 108 valence electrons. The van der Waals surface area contributed by atoms with Gasteiger partial charge in [0.1, 0.15) is 5.82 Å². The molecule has 0 aliphatic rings. The quantitative estimate of drug-likeness (QED) is 0.821. The van der Waals surface area contributed by atoms with Crippen LogP contribution < -0.4 is 5.73 Å². The molecule has 2 N–H and O–H groups in total. The van der Waals surface area contributed by atoms with Crippen molar-refractivity contribution in [3.05, 3.63) is 35.6 Å². The molecule has 2 atom stereocenters. The predicted molar refractivity (Wildman–Crippen MR) is 78.6 cm³/mol. The molecule has 1 rings (SSSR count). The Morgan fingerprint density at radius 2 is 1.89 bits per heavy atom. The van der Waals surface area contributed by atoms with Crippen molar-refractivity contribution in [1.29, 1.82) is 0 Å². The zero-order valence-corrected chi connectivity index (χ0v) is 12.4. The molecule has 0 heterocycles. The fourth-order valence-corrected chi connectivity index (χ4v) is 2.66. The van der Waals surface area contributed by atoms with Crippen LogP contribution in [0.2, 0.25) is 0 Å². The maximum atomic E-state index is 14.0. The lowest BCUT2D eigenvalue weighted by molar-refractivity contribution is 0.129. The molecule has 0 saturated carbocycles. The van der Waals surface area contributed by atoms with Crippen LogP contribution in [0.4, 0.5) is 4.39 Å². The Balaban J connectivity index is 2.96. The summed E-state index contributed by atoms with van der Waals surface area (Å²) in [7, 11) is 4.09. The van der Waals surface area contributed by atoms with Gasteiger partial charge in [0.2, 0.25) is 0 Å². The van der Waals surface area contributed by atoms with E-state index in [4.69, 9.17) is 5.73 Å². The van der Waals surface area contributed by atoms with Crippen LogP contribution in [0.3, 0.4) is 0 Å². The van der Waals surface area contributed by atoms with Gasteiger partial charge in [-0.1, -0.05) is 25.1 Å². The van der Waals surface area contributed by atoms with Crippen LogP contribution in [0, 0.1) is 5.82 Å². The van der Waals surface area contributed by atoms with Crippen molar-refractivity contribution in [3.63, 3.8) is 0 Å². The van der Waals surface area contributed by atoms with E-state index in [1.54, 1.807) is 6.07 Å². The Morgan fingerprint density at radius 1 is 1.26 bits per heavy atom. The smallest absolute Gasteiger partial charge is 0.128 e. The van der Waals surface area contributed by atoms with E-state index in [0.29, 0.717) is 18.2 Å². The Kier molecular flexibility index (Phi) is 6.42. The van der Waals surface area contributed by atoms with Crippen molar-refractivity contribution in [2.45, 2.75) is 25.9 Å². The number of benzene rings is 1. The van der Waals surface area contributed by atoms with Crippen LogP contribution in [0.25, 0.3) is 0 Å². The van der Waals surface area contributed by atoms with Crippen molar-refractivity contribution >= 4 is 0 Å². The second-order valence-corrected chi connectivity index (χ2v) is 5.21. The molecule has 1 aromatic rings. The fraction of sp³-hybridized carbons (Fsp3) is 0.600. The maximum absolute atomic E-state index is 14.0. The first-order chi connectivity index (χ1) is 9.01. The molecule has 0 aliphatic carbocycles. The van der Waals surface area contributed by atoms with Crippen LogP contribution in [0.5, 0.6) is 0 Å². The Morgan fingerprint density at radius 3 is 2.37 bits per heavy atom. The lowest BCUT2D eigenvalue weighted by Gasteiger charge is -2.36.